The molecule has 3 rings (SSSR count). The summed E-state index contributed by atoms with van der Waals surface area (Å²) in [6.07, 6.45) is 0. The summed E-state index contributed by atoms with van der Waals surface area (Å²) >= 11 is 0. The van der Waals surface area contributed by atoms with E-state index in [0.29, 0.717) is 17.0 Å². The monoisotopic (exact) mass is 377 g/mol. The predicted molar refractivity (Wildman–Crippen MR) is 108 cm³/mol. The standard InChI is InChI=1S/C22H23N3O3/c1-14-9-8-10-15(2)20(14)23-18(26)13-25(4)22(27)19-16(3)28-24-21(19)17-11-6-5-7-12-17/h5-12H,13H2,1-4H3,(H,23,26). The Morgan fingerprint density at radius 1 is 1.00 bits per heavy atom. The van der Waals surface area contributed by atoms with E-state index in [1.54, 1.807) is 14.0 Å². The second-order valence-electron chi connectivity index (χ2n) is 6.80. The van der Waals surface area contributed by atoms with Gasteiger partial charge in [0.15, 0.2) is 0 Å². The molecule has 28 heavy (non-hydrogen) atoms. The zero-order valence-electron chi connectivity index (χ0n) is 16.4. The minimum absolute atomic E-state index is 0.0779. The lowest BCUT2D eigenvalue weighted by molar-refractivity contribution is -0.116. The summed E-state index contributed by atoms with van der Waals surface area (Å²) in [5, 5.41) is 6.94. The number of nitrogens with one attached hydrogen (secondary N) is 1. The smallest absolute Gasteiger partial charge is 0.259 e. The fourth-order valence-electron chi connectivity index (χ4n) is 3.09. The van der Waals surface area contributed by atoms with Crippen molar-refractivity contribution in [2.75, 3.05) is 18.9 Å². The molecule has 0 atom stereocenters. The molecule has 6 nitrogen and oxygen atoms in total. The first kappa shape index (κ1) is 19.4. The number of anilines is 1. The van der Waals surface area contributed by atoms with E-state index in [0.717, 1.165) is 22.4 Å². The summed E-state index contributed by atoms with van der Waals surface area (Å²) in [6, 6.07) is 15.2. The number of carbonyl (C=O) groups excluding carboxylic acids is 2. The van der Waals surface area contributed by atoms with Crippen LogP contribution in [-0.2, 0) is 4.79 Å². The third-order valence-electron chi connectivity index (χ3n) is 4.60. The number of carbonyl (C=O) groups is 2. The van der Waals surface area contributed by atoms with Crippen LogP contribution in [0.25, 0.3) is 11.3 Å². The molecule has 0 unspecified atom stereocenters. The number of aryl methyl sites for hydroxylation is 3. The maximum Gasteiger partial charge on any atom is 0.259 e. The van der Waals surface area contributed by atoms with Crippen LogP contribution >= 0.6 is 0 Å². The summed E-state index contributed by atoms with van der Waals surface area (Å²) in [5.41, 5.74) is 4.36. The van der Waals surface area contributed by atoms with Crippen molar-refractivity contribution in [1.29, 1.82) is 0 Å². The van der Waals surface area contributed by atoms with Crippen LogP contribution < -0.4 is 5.32 Å². The second-order valence-corrected chi connectivity index (χ2v) is 6.80. The number of amides is 2. The number of aromatic nitrogens is 1. The number of para-hydroxylation sites is 1. The number of rotatable bonds is 5. The van der Waals surface area contributed by atoms with Crippen LogP contribution in [0.4, 0.5) is 5.69 Å². The van der Waals surface area contributed by atoms with E-state index < -0.39 is 0 Å². The Balaban J connectivity index is 1.77. The summed E-state index contributed by atoms with van der Waals surface area (Å²) in [5.74, 6) is -0.149. The zero-order chi connectivity index (χ0) is 20.3. The molecule has 1 heterocycles. The fraction of sp³-hybridized carbons (Fsp3) is 0.227. The number of nitrogens with zero attached hydrogens (tertiary/aromatic N) is 2. The molecule has 144 valence electrons. The van der Waals surface area contributed by atoms with Gasteiger partial charge in [0.05, 0.1) is 6.54 Å². The van der Waals surface area contributed by atoms with Crippen LogP contribution in [0.5, 0.6) is 0 Å². The summed E-state index contributed by atoms with van der Waals surface area (Å²) < 4.78 is 5.26. The molecule has 0 bridgehead atoms. The van der Waals surface area contributed by atoms with Crippen molar-refractivity contribution < 1.29 is 14.1 Å². The van der Waals surface area contributed by atoms with Crippen LogP contribution in [0.2, 0.25) is 0 Å². The van der Waals surface area contributed by atoms with Gasteiger partial charge in [0, 0.05) is 18.3 Å². The van der Waals surface area contributed by atoms with Crippen molar-refractivity contribution in [3.63, 3.8) is 0 Å². The molecular weight excluding hydrogens is 354 g/mol. The van der Waals surface area contributed by atoms with Crippen molar-refractivity contribution in [2.45, 2.75) is 20.8 Å². The number of likely N-dealkylation sites (N-methyl/N-ethyl adjacent to an activating group) is 1. The van der Waals surface area contributed by atoms with Crippen LogP contribution in [0.1, 0.15) is 27.2 Å². The van der Waals surface area contributed by atoms with Crippen molar-refractivity contribution >= 4 is 17.5 Å². The first-order valence-electron chi connectivity index (χ1n) is 9.01. The van der Waals surface area contributed by atoms with E-state index in [4.69, 9.17) is 4.52 Å². The Kier molecular flexibility index (Phi) is 5.59. The van der Waals surface area contributed by atoms with Crippen LogP contribution in [0.3, 0.4) is 0 Å². The van der Waals surface area contributed by atoms with Crippen molar-refractivity contribution in [1.82, 2.24) is 10.1 Å². The molecule has 2 amide bonds. The Hall–Kier alpha value is -3.41. The maximum atomic E-state index is 13.0. The lowest BCUT2D eigenvalue weighted by Crippen LogP contribution is -2.35. The number of hydrogen-bond donors (Lipinski definition) is 1. The molecular formula is C22H23N3O3. The molecule has 1 N–H and O–H groups in total. The molecule has 0 radical (unpaired) electrons. The number of benzene rings is 2. The van der Waals surface area contributed by atoms with Crippen LogP contribution in [0.15, 0.2) is 53.1 Å². The van der Waals surface area contributed by atoms with Gasteiger partial charge in [-0.05, 0) is 31.9 Å². The largest absolute Gasteiger partial charge is 0.360 e. The highest BCUT2D eigenvalue weighted by atomic mass is 16.5. The summed E-state index contributed by atoms with van der Waals surface area (Å²) in [6.45, 7) is 5.48. The predicted octanol–water partition coefficient (Wildman–Crippen LogP) is 3.98. The third-order valence-corrected chi connectivity index (χ3v) is 4.60. The van der Waals surface area contributed by atoms with E-state index in [9.17, 15) is 9.59 Å². The van der Waals surface area contributed by atoms with Crippen molar-refractivity contribution in [2.24, 2.45) is 0 Å². The molecule has 3 aromatic rings. The minimum atomic E-state index is -0.311. The van der Waals surface area contributed by atoms with E-state index in [1.165, 1.54) is 4.90 Å². The highest BCUT2D eigenvalue weighted by Gasteiger charge is 2.25. The quantitative estimate of drug-likeness (QED) is 0.730. The average molecular weight is 377 g/mol. The molecule has 0 saturated heterocycles. The minimum Gasteiger partial charge on any atom is -0.360 e. The van der Waals surface area contributed by atoms with Crippen molar-refractivity contribution in [3.05, 3.63) is 71.0 Å². The highest BCUT2D eigenvalue weighted by Crippen LogP contribution is 2.26. The van der Waals surface area contributed by atoms with Gasteiger partial charge in [-0.1, -0.05) is 53.7 Å². The fourth-order valence-corrected chi connectivity index (χ4v) is 3.09. The number of hydrogen-bond acceptors (Lipinski definition) is 4. The second kappa shape index (κ2) is 8.08. The van der Waals surface area contributed by atoms with E-state index >= 15 is 0 Å². The van der Waals surface area contributed by atoms with E-state index in [-0.39, 0.29) is 18.4 Å². The normalized spacial score (nSPS) is 10.6. The molecule has 0 fully saturated rings. The lowest BCUT2D eigenvalue weighted by Gasteiger charge is -2.18. The van der Waals surface area contributed by atoms with E-state index in [2.05, 4.69) is 10.5 Å². The maximum absolute atomic E-state index is 13.0. The Bertz CT molecular complexity index is 989. The van der Waals surface area contributed by atoms with Gasteiger partial charge in [-0.25, -0.2) is 0 Å². The molecule has 0 spiro atoms. The molecule has 0 aliphatic heterocycles. The SMILES string of the molecule is Cc1cccc(C)c1NC(=O)CN(C)C(=O)c1c(-c2ccccc2)noc1C. The Morgan fingerprint density at radius 2 is 1.64 bits per heavy atom. The molecule has 2 aromatic carbocycles. The van der Waals surface area contributed by atoms with E-state index in [1.807, 2.05) is 62.4 Å². The first-order valence-corrected chi connectivity index (χ1v) is 9.01. The summed E-state index contributed by atoms with van der Waals surface area (Å²) in [7, 11) is 1.59. The van der Waals surface area contributed by atoms with Crippen molar-refractivity contribution in [3.8, 4) is 11.3 Å². The Morgan fingerprint density at radius 3 is 2.29 bits per heavy atom. The summed E-state index contributed by atoms with van der Waals surface area (Å²) in [4.78, 5) is 26.9. The molecule has 0 saturated carbocycles. The van der Waals surface area contributed by atoms with Gasteiger partial charge in [0.2, 0.25) is 5.91 Å². The first-order chi connectivity index (χ1) is 13.4. The zero-order valence-corrected chi connectivity index (χ0v) is 16.4. The molecule has 0 aliphatic rings. The van der Waals surface area contributed by atoms with Gasteiger partial charge < -0.3 is 14.7 Å². The highest BCUT2D eigenvalue weighted by molar-refractivity contribution is 6.03. The van der Waals surface area contributed by atoms with Gasteiger partial charge >= 0.3 is 0 Å². The topological polar surface area (TPSA) is 75.4 Å². The molecule has 6 heteroatoms. The average Bonchev–Trinajstić information content (AvgIpc) is 3.06. The van der Waals surface area contributed by atoms with Gasteiger partial charge in [-0.15, -0.1) is 0 Å². The third kappa shape index (κ3) is 3.96. The van der Waals surface area contributed by atoms with Crippen LogP contribution in [0, 0.1) is 20.8 Å². The molecule has 0 aliphatic carbocycles. The van der Waals surface area contributed by atoms with Crippen LogP contribution in [-0.4, -0.2) is 35.5 Å². The van der Waals surface area contributed by atoms with Gasteiger partial charge in [0.1, 0.15) is 17.0 Å². The van der Waals surface area contributed by atoms with Gasteiger partial charge in [-0.2, -0.15) is 0 Å². The Labute approximate surface area is 164 Å². The van der Waals surface area contributed by atoms with Gasteiger partial charge in [0.25, 0.3) is 5.91 Å². The molecule has 1 aromatic heterocycles. The lowest BCUT2D eigenvalue weighted by atomic mass is 10.1. The van der Waals surface area contributed by atoms with Gasteiger partial charge in [-0.3, -0.25) is 9.59 Å².